The number of nitrogens with zero attached hydrogens (tertiary/aromatic N) is 1. The SMILES string of the molecule is Cl.Cl.NNc1cccnc1. The Morgan fingerprint density at radius 2 is 2.10 bits per heavy atom. The second-order valence-corrected chi connectivity index (χ2v) is 1.39. The molecule has 10 heavy (non-hydrogen) atoms. The smallest absolute Gasteiger partial charge is 0.0668 e. The van der Waals surface area contributed by atoms with Crippen molar-refractivity contribution in [2.24, 2.45) is 5.84 Å². The highest BCUT2D eigenvalue weighted by Crippen LogP contribution is 1.97. The number of nitrogens with two attached hydrogens (primary N) is 1. The average molecular weight is 182 g/mol. The van der Waals surface area contributed by atoms with E-state index in [0.717, 1.165) is 5.69 Å². The van der Waals surface area contributed by atoms with Gasteiger partial charge in [-0.3, -0.25) is 10.8 Å². The highest BCUT2D eigenvalue weighted by Gasteiger charge is 1.79. The molecule has 5 heteroatoms. The predicted molar refractivity (Wildman–Crippen MR) is 46.5 cm³/mol. The van der Waals surface area contributed by atoms with Crippen LogP contribution in [0.3, 0.4) is 0 Å². The first kappa shape index (κ1) is 12.2. The number of anilines is 1. The third-order valence-corrected chi connectivity index (χ3v) is 0.828. The molecule has 0 radical (unpaired) electrons. The molecule has 58 valence electrons. The number of halogens is 2. The summed E-state index contributed by atoms with van der Waals surface area (Å²) >= 11 is 0. The molecule has 1 aromatic heterocycles. The molecule has 3 N–H and O–H groups in total. The first-order valence-electron chi connectivity index (χ1n) is 2.30. The van der Waals surface area contributed by atoms with E-state index in [1.807, 2.05) is 12.1 Å². The molecule has 0 fully saturated rings. The highest BCUT2D eigenvalue weighted by molar-refractivity contribution is 5.85. The zero-order valence-corrected chi connectivity index (χ0v) is 6.78. The average Bonchev–Trinajstić information content (AvgIpc) is 1.90. The molecule has 0 saturated heterocycles. The van der Waals surface area contributed by atoms with Crippen molar-refractivity contribution in [3.05, 3.63) is 24.5 Å². The van der Waals surface area contributed by atoms with Gasteiger partial charge in [-0.15, -0.1) is 24.8 Å². The second kappa shape index (κ2) is 6.61. The third kappa shape index (κ3) is 3.50. The summed E-state index contributed by atoms with van der Waals surface area (Å²) in [5.74, 6) is 5.06. The zero-order valence-electron chi connectivity index (χ0n) is 5.15. The van der Waals surface area contributed by atoms with E-state index in [4.69, 9.17) is 5.84 Å². The molecule has 0 aliphatic rings. The summed E-state index contributed by atoms with van der Waals surface area (Å²) in [5, 5.41) is 0. The fourth-order valence-corrected chi connectivity index (χ4v) is 0.448. The van der Waals surface area contributed by atoms with Gasteiger partial charge >= 0.3 is 0 Å². The summed E-state index contributed by atoms with van der Waals surface area (Å²) < 4.78 is 0. The lowest BCUT2D eigenvalue weighted by atomic mass is 10.4. The maximum atomic E-state index is 5.06. The molecule has 0 atom stereocenters. The number of pyridine rings is 1. The molecular formula is C5H9Cl2N3. The number of hydrazine groups is 1. The molecule has 0 amide bonds. The third-order valence-electron chi connectivity index (χ3n) is 0.828. The fourth-order valence-electron chi connectivity index (χ4n) is 0.448. The van der Waals surface area contributed by atoms with Gasteiger partial charge in [-0.25, -0.2) is 0 Å². The van der Waals surface area contributed by atoms with Crippen molar-refractivity contribution in [3.8, 4) is 0 Å². The standard InChI is InChI=1S/C5H7N3.2ClH/c6-8-5-2-1-3-7-4-5;;/h1-4,8H,6H2;2*1H. The zero-order chi connectivity index (χ0) is 5.82. The molecule has 0 aromatic carbocycles. The van der Waals surface area contributed by atoms with Crippen LogP contribution in [0.2, 0.25) is 0 Å². The highest BCUT2D eigenvalue weighted by atomic mass is 35.5. The molecule has 1 heterocycles. The van der Waals surface area contributed by atoms with Crippen LogP contribution in [0, 0.1) is 0 Å². The number of hydrogen-bond acceptors (Lipinski definition) is 3. The lowest BCUT2D eigenvalue weighted by molar-refractivity contribution is 1.27. The summed E-state index contributed by atoms with van der Waals surface area (Å²) in [5.41, 5.74) is 3.29. The number of hydrogen-bond donors (Lipinski definition) is 2. The van der Waals surface area contributed by atoms with E-state index in [-0.39, 0.29) is 24.8 Å². The van der Waals surface area contributed by atoms with Crippen molar-refractivity contribution in [3.63, 3.8) is 0 Å². The minimum atomic E-state index is 0. The molecular weight excluding hydrogens is 173 g/mol. The maximum Gasteiger partial charge on any atom is 0.0668 e. The topological polar surface area (TPSA) is 50.9 Å². The lowest BCUT2D eigenvalue weighted by Gasteiger charge is -1.93. The van der Waals surface area contributed by atoms with Gasteiger partial charge in [0.05, 0.1) is 11.9 Å². The fraction of sp³-hybridized carbons (Fsp3) is 0. The van der Waals surface area contributed by atoms with Crippen molar-refractivity contribution >= 4 is 30.5 Å². The summed E-state index contributed by atoms with van der Waals surface area (Å²) in [6, 6.07) is 3.65. The van der Waals surface area contributed by atoms with Crippen LogP contribution in [0.5, 0.6) is 0 Å². The molecule has 0 aliphatic carbocycles. The minimum Gasteiger partial charge on any atom is -0.323 e. The van der Waals surface area contributed by atoms with E-state index in [1.165, 1.54) is 0 Å². The van der Waals surface area contributed by atoms with Gasteiger partial charge in [0, 0.05) is 6.20 Å². The maximum absolute atomic E-state index is 5.06. The Kier molecular flexibility index (Phi) is 8.06. The van der Waals surface area contributed by atoms with Crippen molar-refractivity contribution < 1.29 is 0 Å². The Bertz CT molecular complexity index is 156. The Balaban J connectivity index is 0. The first-order valence-corrected chi connectivity index (χ1v) is 2.30. The summed E-state index contributed by atoms with van der Waals surface area (Å²) in [6.45, 7) is 0. The van der Waals surface area contributed by atoms with Gasteiger partial charge in [-0.05, 0) is 12.1 Å². The van der Waals surface area contributed by atoms with E-state index in [9.17, 15) is 0 Å². The summed E-state index contributed by atoms with van der Waals surface area (Å²) in [6.07, 6.45) is 3.35. The largest absolute Gasteiger partial charge is 0.323 e. The van der Waals surface area contributed by atoms with Crippen LogP contribution in [0.15, 0.2) is 24.5 Å². The van der Waals surface area contributed by atoms with Crippen molar-refractivity contribution in [1.82, 2.24) is 4.98 Å². The molecule has 3 nitrogen and oxygen atoms in total. The Morgan fingerprint density at radius 1 is 1.40 bits per heavy atom. The van der Waals surface area contributed by atoms with Gasteiger partial charge < -0.3 is 5.43 Å². The van der Waals surface area contributed by atoms with E-state index >= 15 is 0 Å². The van der Waals surface area contributed by atoms with Crippen molar-refractivity contribution in [2.45, 2.75) is 0 Å². The van der Waals surface area contributed by atoms with Crippen LogP contribution in [0.4, 0.5) is 5.69 Å². The lowest BCUT2D eigenvalue weighted by Crippen LogP contribution is -2.06. The first-order chi connectivity index (χ1) is 3.93. The number of aromatic nitrogens is 1. The molecule has 1 aromatic rings. The number of rotatable bonds is 1. The molecule has 0 unspecified atom stereocenters. The Labute approximate surface area is 71.8 Å². The van der Waals surface area contributed by atoms with Gasteiger partial charge in [-0.1, -0.05) is 0 Å². The van der Waals surface area contributed by atoms with E-state index < -0.39 is 0 Å². The molecule has 0 bridgehead atoms. The van der Waals surface area contributed by atoms with E-state index in [0.29, 0.717) is 0 Å². The van der Waals surface area contributed by atoms with Gasteiger partial charge in [-0.2, -0.15) is 0 Å². The molecule has 0 spiro atoms. The minimum absolute atomic E-state index is 0. The molecule has 1 rings (SSSR count). The Hall–Kier alpha value is -0.510. The van der Waals surface area contributed by atoms with Gasteiger partial charge in [0.1, 0.15) is 0 Å². The normalized spacial score (nSPS) is 6.90. The van der Waals surface area contributed by atoms with Crippen molar-refractivity contribution in [1.29, 1.82) is 0 Å². The summed E-state index contributed by atoms with van der Waals surface area (Å²) in [7, 11) is 0. The van der Waals surface area contributed by atoms with Crippen LogP contribution in [-0.4, -0.2) is 4.98 Å². The van der Waals surface area contributed by atoms with E-state index in [2.05, 4.69) is 10.4 Å². The second-order valence-electron chi connectivity index (χ2n) is 1.39. The monoisotopic (exact) mass is 181 g/mol. The van der Waals surface area contributed by atoms with Gasteiger partial charge in [0.15, 0.2) is 0 Å². The predicted octanol–water partition coefficient (Wildman–Crippen LogP) is 1.21. The van der Waals surface area contributed by atoms with Crippen LogP contribution >= 0.6 is 24.8 Å². The van der Waals surface area contributed by atoms with Gasteiger partial charge in [0.25, 0.3) is 0 Å². The van der Waals surface area contributed by atoms with Gasteiger partial charge in [0.2, 0.25) is 0 Å². The molecule has 0 aliphatic heterocycles. The summed E-state index contributed by atoms with van der Waals surface area (Å²) in [4.78, 5) is 3.81. The van der Waals surface area contributed by atoms with Crippen LogP contribution in [0.1, 0.15) is 0 Å². The van der Waals surface area contributed by atoms with E-state index in [1.54, 1.807) is 12.4 Å². The van der Waals surface area contributed by atoms with Crippen molar-refractivity contribution in [2.75, 3.05) is 5.43 Å². The van der Waals surface area contributed by atoms with Crippen LogP contribution in [-0.2, 0) is 0 Å². The quantitative estimate of drug-likeness (QED) is 0.507. The number of nitrogens with one attached hydrogen (secondary N) is 1. The van der Waals surface area contributed by atoms with Crippen LogP contribution < -0.4 is 11.3 Å². The van der Waals surface area contributed by atoms with Crippen LogP contribution in [0.25, 0.3) is 0 Å². The molecule has 0 saturated carbocycles. The Morgan fingerprint density at radius 3 is 2.40 bits per heavy atom. The number of nitrogen functional groups attached to an aromatic ring is 1.